The Balaban J connectivity index is 1.75. The van der Waals surface area contributed by atoms with Gasteiger partial charge in [-0.05, 0) is 43.4 Å². The van der Waals surface area contributed by atoms with Crippen LogP contribution < -0.4 is 10.2 Å². The van der Waals surface area contributed by atoms with E-state index < -0.39 is 17.4 Å². The first-order valence-electron chi connectivity index (χ1n) is 12.1. The number of ether oxygens (including phenoxy) is 1. The van der Waals surface area contributed by atoms with Gasteiger partial charge in [0.05, 0.1) is 20.0 Å². The summed E-state index contributed by atoms with van der Waals surface area (Å²) < 4.78 is 6.44. The molecule has 1 fully saturated rings. The van der Waals surface area contributed by atoms with E-state index in [9.17, 15) is 14.4 Å². The molecule has 1 aliphatic heterocycles. The molecule has 0 unspecified atom stereocenters. The number of aromatic nitrogens is 2. The third-order valence-corrected chi connectivity index (χ3v) is 7.09. The first-order valence-corrected chi connectivity index (χ1v) is 12.1. The zero-order valence-electron chi connectivity index (χ0n) is 20.5. The Labute approximate surface area is 200 Å². The molecule has 4 rings (SSSR count). The van der Waals surface area contributed by atoms with Crippen LogP contribution in [0.15, 0.2) is 30.6 Å². The third kappa shape index (κ3) is 4.33. The molecule has 2 amide bonds. The van der Waals surface area contributed by atoms with Crippen molar-refractivity contribution in [3.8, 4) is 0 Å². The van der Waals surface area contributed by atoms with Gasteiger partial charge in [-0.3, -0.25) is 14.5 Å². The SMILES string of the molecule is COC(=O)c1ncn2c1C(=O)N(c1ccc(C(C)C)cc1)[C@](C)(C(=O)NC1CCCCCC1)C2. The lowest BCUT2D eigenvalue weighted by Gasteiger charge is -2.44. The zero-order chi connectivity index (χ0) is 24.5. The van der Waals surface area contributed by atoms with Crippen LogP contribution in [-0.2, 0) is 16.1 Å². The Hall–Kier alpha value is -3.16. The number of hydrogen-bond acceptors (Lipinski definition) is 5. The number of carbonyl (C=O) groups is 3. The molecule has 0 bridgehead atoms. The molecule has 0 radical (unpaired) electrons. The highest BCUT2D eigenvalue weighted by atomic mass is 16.5. The summed E-state index contributed by atoms with van der Waals surface area (Å²) in [6.07, 6.45) is 7.89. The molecular formula is C26H34N4O4. The van der Waals surface area contributed by atoms with E-state index in [1.165, 1.54) is 31.2 Å². The lowest BCUT2D eigenvalue weighted by molar-refractivity contribution is -0.127. The van der Waals surface area contributed by atoms with Gasteiger partial charge in [0, 0.05) is 11.7 Å². The number of imidazole rings is 1. The number of amides is 2. The van der Waals surface area contributed by atoms with Gasteiger partial charge in [-0.1, -0.05) is 51.7 Å². The van der Waals surface area contributed by atoms with E-state index in [4.69, 9.17) is 4.74 Å². The highest BCUT2D eigenvalue weighted by Crippen LogP contribution is 2.35. The van der Waals surface area contributed by atoms with E-state index in [2.05, 4.69) is 24.1 Å². The zero-order valence-corrected chi connectivity index (χ0v) is 20.5. The number of methoxy groups -OCH3 is 1. The normalized spacial score (nSPS) is 21.2. The Morgan fingerprint density at radius 1 is 1.12 bits per heavy atom. The van der Waals surface area contributed by atoms with Crippen molar-refractivity contribution in [2.24, 2.45) is 0 Å². The minimum Gasteiger partial charge on any atom is -0.464 e. The molecule has 2 heterocycles. The van der Waals surface area contributed by atoms with Crippen molar-refractivity contribution in [2.45, 2.75) is 83.3 Å². The van der Waals surface area contributed by atoms with Crippen molar-refractivity contribution in [3.63, 3.8) is 0 Å². The van der Waals surface area contributed by atoms with Gasteiger partial charge in [0.1, 0.15) is 11.2 Å². The molecule has 8 heteroatoms. The van der Waals surface area contributed by atoms with E-state index in [1.54, 1.807) is 11.5 Å². The lowest BCUT2D eigenvalue weighted by Crippen LogP contribution is -2.65. The van der Waals surface area contributed by atoms with Crippen molar-refractivity contribution in [1.82, 2.24) is 14.9 Å². The molecule has 1 atom stereocenters. The summed E-state index contributed by atoms with van der Waals surface area (Å²) in [4.78, 5) is 45.6. The second-order valence-corrected chi connectivity index (χ2v) is 9.88. The Kier molecular flexibility index (Phi) is 6.77. The molecule has 34 heavy (non-hydrogen) atoms. The summed E-state index contributed by atoms with van der Waals surface area (Å²) >= 11 is 0. The number of fused-ring (bicyclic) bond motifs is 1. The maximum atomic E-state index is 13.9. The van der Waals surface area contributed by atoms with Gasteiger partial charge >= 0.3 is 5.97 Å². The van der Waals surface area contributed by atoms with Crippen LogP contribution in [-0.4, -0.2) is 46.0 Å². The average Bonchev–Trinajstić information content (AvgIpc) is 3.07. The minimum absolute atomic E-state index is 0.0393. The van der Waals surface area contributed by atoms with E-state index in [0.29, 0.717) is 11.6 Å². The smallest absolute Gasteiger partial charge is 0.359 e. The van der Waals surface area contributed by atoms with Gasteiger partial charge < -0.3 is 14.6 Å². The van der Waals surface area contributed by atoms with Crippen LogP contribution in [0, 0.1) is 0 Å². The van der Waals surface area contributed by atoms with Crippen LogP contribution in [0.4, 0.5) is 5.69 Å². The maximum Gasteiger partial charge on any atom is 0.359 e. The molecule has 1 aliphatic carbocycles. The van der Waals surface area contributed by atoms with E-state index in [0.717, 1.165) is 31.2 Å². The van der Waals surface area contributed by atoms with Crippen molar-refractivity contribution < 1.29 is 19.1 Å². The fraction of sp³-hybridized carbons (Fsp3) is 0.538. The maximum absolute atomic E-state index is 13.9. The van der Waals surface area contributed by atoms with Crippen LogP contribution in [0.3, 0.4) is 0 Å². The average molecular weight is 467 g/mol. The van der Waals surface area contributed by atoms with Crippen LogP contribution >= 0.6 is 0 Å². The number of rotatable bonds is 5. The number of esters is 1. The Morgan fingerprint density at radius 3 is 2.35 bits per heavy atom. The van der Waals surface area contributed by atoms with E-state index >= 15 is 0 Å². The summed E-state index contributed by atoms with van der Waals surface area (Å²) in [6.45, 7) is 6.18. The Bertz CT molecular complexity index is 1070. The predicted molar refractivity (Wildman–Crippen MR) is 129 cm³/mol. The van der Waals surface area contributed by atoms with Crippen LogP contribution in [0.25, 0.3) is 0 Å². The second kappa shape index (κ2) is 9.60. The predicted octanol–water partition coefficient (Wildman–Crippen LogP) is 4.05. The first kappa shape index (κ1) is 24.0. The van der Waals surface area contributed by atoms with Crippen LogP contribution in [0.1, 0.15) is 91.8 Å². The molecule has 8 nitrogen and oxygen atoms in total. The highest BCUT2D eigenvalue weighted by molar-refractivity contribution is 6.15. The quantitative estimate of drug-likeness (QED) is 0.530. The monoisotopic (exact) mass is 466 g/mol. The standard InChI is InChI=1S/C26H34N4O4/c1-17(2)18-11-13-20(14-12-18)30-23(31)22-21(24(32)34-4)27-16-29(22)15-26(30,3)25(33)28-19-9-7-5-6-8-10-19/h11-14,16-17,19H,5-10,15H2,1-4H3,(H,28,33)/t26-/m0/s1. The van der Waals surface area contributed by atoms with Crippen LogP contribution in [0.2, 0.25) is 0 Å². The largest absolute Gasteiger partial charge is 0.464 e. The summed E-state index contributed by atoms with van der Waals surface area (Å²) in [5.41, 5.74) is 0.653. The topological polar surface area (TPSA) is 93.5 Å². The number of benzene rings is 1. The molecule has 0 spiro atoms. The molecule has 1 N–H and O–H groups in total. The fourth-order valence-corrected chi connectivity index (χ4v) is 5.05. The van der Waals surface area contributed by atoms with Crippen molar-refractivity contribution >= 4 is 23.5 Å². The van der Waals surface area contributed by atoms with Crippen LogP contribution in [0.5, 0.6) is 0 Å². The van der Waals surface area contributed by atoms with Gasteiger partial charge in [-0.2, -0.15) is 0 Å². The number of nitrogens with one attached hydrogen (secondary N) is 1. The van der Waals surface area contributed by atoms with Gasteiger partial charge in [-0.25, -0.2) is 9.78 Å². The number of anilines is 1. The molecule has 1 aromatic carbocycles. The highest BCUT2D eigenvalue weighted by Gasteiger charge is 2.50. The van der Waals surface area contributed by atoms with Gasteiger partial charge in [0.15, 0.2) is 5.69 Å². The number of nitrogens with zero attached hydrogens (tertiary/aromatic N) is 3. The third-order valence-electron chi connectivity index (χ3n) is 7.09. The lowest BCUT2D eigenvalue weighted by atomic mass is 9.92. The molecular weight excluding hydrogens is 432 g/mol. The number of carbonyl (C=O) groups excluding carboxylic acids is 3. The van der Waals surface area contributed by atoms with Crippen molar-refractivity contribution in [2.75, 3.05) is 12.0 Å². The van der Waals surface area contributed by atoms with Crippen molar-refractivity contribution in [3.05, 3.63) is 47.5 Å². The summed E-state index contributed by atoms with van der Waals surface area (Å²) in [7, 11) is 1.26. The summed E-state index contributed by atoms with van der Waals surface area (Å²) in [5, 5.41) is 3.23. The van der Waals surface area contributed by atoms with Gasteiger partial charge in [0.25, 0.3) is 5.91 Å². The van der Waals surface area contributed by atoms with Gasteiger partial charge in [0.2, 0.25) is 5.91 Å². The molecule has 182 valence electrons. The fourth-order valence-electron chi connectivity index (χ4n) is 5.05. The van der Waals surface area contributed by atoms with E-state index in [-0.39, 0.29) is 29.9 Å². The molecule has 2 aromatic rings. The van der Waals surface area contributed by atoms with E-state index in [1.807, 2.05) is 24.3 Å². The molecule has 1 aromatic heterocycles. The van der Waals surface area contributed by atoms with Crippen molar-refractivity contribution in [1.29, 1.82) is 0 Å². The summed E-state index contributed by atoms with van der Waals surface area (Å²) in [5.74, 6) is -0.980. The molecule has 2 aliphatic rings. The first-order chi connectivity index (χ1) is 16.3. The second-order valence-electron chi connectivity index (χ2n) is 9.88. The molecule has 0 saturated heterocycles. The summed E-state index contributed by atoms with van der Waals surface area (Å²) in [6, 6.07) is 7.79. The number of hydrogen-bond donors (Lipinski definition) is 1. The Morgan fingerprint density at radius 2 is 1.76 bits per heavy atom. The molecule has 1 saturated carbocycles. The minimum atomic E-state index is -1.19. The van der Waals surface area contributed by atoms with Gasteiger partial charge in [-0.15, -0.1) is 0 Å².